The van der Waals surface area contributed by atoms with E-state index < -0.39 is 6.04 Å². The number of methoxy groups -OCH3 is 1. The summed E-state index contributed by atoms with van der Waals surface area (Å²) in [5.41, 5.74) is 1.41. The molecule has 1 saturated heterocycles. The molecule has 0 spiro atoms. The second kappa shape index (κ2) is 8.35. The number of nitrogens with zero attached hydrogens (tertiary/aromatic N) is 2. The maximum absolute atomic E-state index is 13.0. The minimum Gasteiger partial charge on any atom is -0.497 e. The first kappa shape index (κ1) is 19.8. The summed E-state index contributed by atoms with van der Waals surface area (Å²) in [6.45, 7) is 0.396. The summed E-state index contributed by atoms with van der Waals surface area (Å²) in [7, 11) is 3.19. The van der Waals surface area contributed by atoms with E-state index in [1.807, 2.05) is 24.3 Å². The van der Waals surface area contributed by atoms with Gasteiger partial charge in [-0.25, -0.2) is 4.39 Å². The molecule has 1 fully saturated rings. The molecule has 1 heterocycles. The number of halogens is 1. The number of ether oxygens (including phenoxy) is 1. The lowest BCUT2D eigenvalue weighted by Gasteiger charge is -2.23. The number of likely N-dealkylation sites (N-methyl/N-ethyl adjacent to an activating group) is 1. The molecule has 0 unspecified atom stereocenters. The Balaban J connectivity index is 1.72. The van der Waals surface area contributed by atoms with Gasteiger partial charge in [-0.15, -0.1) is 0 Å². The number of amides is 2. The van der Waals surface area contributed by atoms with Crippen LogP contribution in [-0.4, -0.2) is 46.9 Å². The van der Waals surface area contributed by atoms with E-state index in [1.165, 1.54) is 29.2 Å². The van der Waals surface area contributed by atoms with Crippen LogP contribution in [0.4, 0.5) is 10.1 Å². The molecule has 3 rings (SSSR count). The molecule has 1 aliphatic heterocycles. The number of anilines is 1. The molecule has 0 saturated carbocycles. The second-order valence-electron chi connectivity index (χ2n) is 6.43. The number of thiocarbonyl (C=S) groups is 1. The number of hydrogen-bond acceptors (Lipinski definition) is 4. The summed E-state index contributed by atoms with van der Waals surface area (Å²) >= 11 is 5.39. The summed E-state index contributed by atoms with van der Waals surface area (Å²) < 4.78 is 18.2. The number of carbonyl (C=O) groups excluding carboxylic acids is 2. The molecule has 1 atom stereocenters. The van der Waals surface area contributed by atoms with Gasteiger partial charge in [0.2, 0.25) is 5.91 Å². The fourth-order valence-electron chi connectivity index (χ4n) is 3.00. The zero-order valence-corrected chi connectivity index (χ0v) is 16.3. The molecular formula is C20H20FN3O3S. The van der Waals surface area contributed by atoms with Gasteiger partial charge in [0.1, 0.15) is 17.6 Å². The average molecular weight is 401 g/mol. The Labute approximate surface area is 167 Å². The normalized spacial score (nSPS) is 16.5. The summed E-state index contributed by atoms with van der Waals surface area (Å²) in [4.78, 5) is 28.2. The molecule has 0 radical (unpaired) electrons. The number of nitrogens with one attached hydrogen (secondary N) is 1. The molecule has 6 nitrogen and oxygen atoms in total. The lowest BCUT2D eigenvalue weighted by Crippen LogP contribution is -2.37. The SMILES string of the molecule is COc1ccc(CN2C(=S)N(C)C(=O)[C@H]2CC(=O)Nc2ccc(F)cc2)cc1. The number of rotatable bonds is 6. The van der Waals surface area contributed by atoms with Crippen LogP contribution in [0.5, 0.6) is 5.75 Å². The Bertz CT molecular complexity index is 887. The molecule has 2 amide bonds. The lowest BCUT2D eigenvalue weighted by molar-refractivity contribution is -0.130. The molecule has 2 aromatic carbocycles. The van der Waals surface area contributed by atoms with Gasteiger partial charge in [0.05, 0.1) is 13.5 Å². The van der Waals surface area contributed by atoms with Crippen LogP contribution in [0.25, 0.3) is 0 Å². The van der Waals surface area contributed by atoms with E-state index in [1.54, 1.807) is 19.1 Å². The van der Waals surface area contributed by atoms with E-state index in [4.69, 9.17) is 17.0 Å². The molecule has 2 aromatic rings. The standard InChI is InChI=1S/C20H20FN3O3S/c1-23-19(26)17(11-18(25)22-15-7-5-14(21)6-8-15)24(20(23)28)12-13-3-9-16(27-2)10-4-13/h3-10,17H,11-12H2,1-2H3,(H,22,25)/t17-/m1/s1. The molecular weight excluding hydrogens is 381 g/mol. The Morgan fingerprint density at radius 1 is 1.18 bits per heavy atom. The first-order valence-corrected chi connectivity index (χ1v) is 9.06. The highest BCUT2D eigenvalue weighted by Gasteiger charge is 2.41. The third-order valence-electron chi connectivity index (χ3n) is 4.54. The summed E-state index contributed by atoms with van der Waals surface area (Å²) in [5, 5.41) is 3.06. The quantitative estimate of drug-likeness (QED) is 0.755. The van der Waals surface area contributed by atoms with Crippen LogP contribution in [0, 0.1) is 5.82 Å². The van der Waals surface area contributed by atoms with Crippen LogP contribution in [0.2, 0.25) is 0 Å². The fraction of sp³-hybridized carbons (Fsp3) is 0.250. The van der Waals surface area contributed by atoms with Gasteiger partial charge in [-0.1, -0.05) is 12.1 Å². The lowest BCUT2D eigenvalue weighted by atomic mass is 10.1. The van der Waals surface area contributed by atoms with Gasteiger partial charge in [0.25, 0.3) is 5.91 Å². The molecule has 1 N–H and O–H groups in total. The van der Waals surface area contributed by atoms with Crippen molar-refractivity contribution in [1.82, 2.24) is 9.80 Å². The van der Waals surface area contributed by atoms with E-state index in [2.05, 4.69) is 5.32 Å². The van der Waals surface area contributed by atoms with E-state index in [0.717, 1.165) is 11.3 Å². The molecule has 0 aliphatic carbocycles. The van der Waals surface area contributed by atoms with Gasteiger partial charge in [-0.2, -0.15) is 0 Å². The minimum atomic E-state index is -0.694. The summed E-state index contributed by atoms with van der Waals surface area (Å²) in [6.07, 6.45) is -0.0587. The topological polar surface area (TPSA) is 61.9 Å². The Kier molecular flexibility index (Phi) is 5.89. The van der Waals surface area contributed by atoms with E-state index in [9.17, 15) is 14.0 Å². The third-order valence-corrected chi connectivity index (χ3v) is 5.05. The first-order chi connectivity index (χ1) is 13.4. The predicted molar refractivity (Wildman–Crippen MR) is 107 cm³/mol. The summed E-state index contributed by atoms with van der Waals surface area (Å²) in [6, 6.07) is 12.2. The molecule has 0 aromatic heterocycles. The number of benzene rings is 2. The van der Waals surface area contributed by atoms with Gasteiger partial charge in [0, 0.05) is 19.3 Å². The maximum Gasteiger partial charge on any atom is 0.251 e. The molecule has 1 aliphatic rings. The highest BCUT2D eigenvalue weighted by atomic mass is 32.1. The van der Waals surface area contributed by atoms with Crippen LogP contribution in [0.1, 0.15) is 12.0 Å². The van der Waals surface area contributed by atoms with Crippen molar-refractivity contribution in [2.24, 2.45) is 0 Å². The number of hydrogen-bond donors (Lipinski definition) is 1. The molecule has 146 valence electrons. The van der Waals surface area contributed by atoms with Crippen molar-refractivity contribution in [1.29, 1.82) is 0 Å². The number of carbonyl (C=O) groups is 2. The average Bonchev–Trinajstić information content (AvgIpc) is 2.88. The minimum absolute atomic E-state index is 0.0587. The Hall–Kier alpha value is -3.00. The van der Waals surface area contributed by atoms with E-state index in [0.29, 0.717) is 17.3 Å². The van der Waals surface area contributed by atoms with Gasteiger partial charge in [0.15, 0.2) is 5.11 Å². The van der Waals surface area contributed by atoms with E-state index in [-0.39, 0.29) is 24.1 Å². The van der Waals surface area contributed by atoms with Crippen molar-refractivity contribution >= 4 is 34.8 Å². The van der Waals surface area contributed by atoms with Crippen molar-refractivity contribution < 1.29 is 18.7 Å². The zero-order valence-electron chi connectivity index (χ0n) is 15.5. The van der Waals surface area contributed by atoms with Crippen molar-refractivity contribution in [2.45, 2.75) is 19.0 Å². The summed E-state index contributed by atoms with van der Waals surface area (Å²) in [5.74, 6) is -0.228. The van der Waals surface area contributed by atoms with Crippen LogP contribution < -0.4 is 10.1 Å². The Morgan fingerprint density at radius 3 is 2.43 bits per heavy atom. The van der Waals surface area contributed by atoms with Crippen LogP contribution >= 0.6 is 12.2 Å². The van der Waals surface area contributed by atoms with Crippen LogP contribution in [-0.2, 0) is 16.1 Å². The molecule has 8 heteroatoms. The van der Waals surface area contributed by atoms with Crippen LogP contribution in [0.15, 0.2) is 48.5 Å². The monoisotopic (exact) mass is 401 g/mol. The van der Waals surface area contributed by atoms with Crippen molar-refractivity contribution in [3.05, 3.63) is 59.9 Å². The van der Waals surface area contributed by atoms with Gasteiger partial charge in [-0.3, -0.25) is 14.5 Å². The fourth-order valence-corrected chi connectivity index (χ4v) is 3.28. The third kappa shape index (κ3) is 4.28. The van der Waals surface area contributed by atoms with E-state index >= 15 is 0 Å². The Morgan fingerprint density at radius 2 is 1.82 bits per heavy atom. The first-order valence-electron chi connectivity index (χ1n) is 8.65. The molecule has 0 bridgehead atoms. The highest BCUT2D eigenvalue weighted by Crippen LogP contribution is 2.23. The second-order valence-corrected chi connectivity index (χ2v) is 6.80. The zero-order chi connectivity index (χ0) is 20.3. The van der Waals surface area contributed by atoms with Gasteiger partial charge < -0.3 is 15.0 Å². The van der Waals surface area contributed by atoms with Crippen molar-refractivity contribution in [2.75, 3.05) is 19.5 Å². The highest BCUT2D eigenvalue weighted by molar-refractivity contribution is 7.80. The maximum atomic E-state index is 13.0. The largest absolute Gasteiger partial charge is 0.497 e. The molecule has 28 heavy (non-hydrogen) atoms. The smallest absolute Gasteiger partial charge is 0.251 e. The van der Waals surface area contributed by atoms with Gasteiger partial charge in [-0.05, 0) is 54.2 Å². The van der Waals surface area contributed by atoms with Crippen LogP contribution in [0.3, 0.4) is 0 Å². The van der Waals surface area contributed by atoms with Gasteiger partial charge >= 0.3 is 0 Å². The predicted octanol–water partition coefficient (Wildman–Crippen LogP) is 2.79. The van der Waals surface area contributed by atoms with Crippen molar-refractivity contribution in [3.63, 3.8) is 0 Å². The van der Waals surface area contributed by atoms with Crippen molar-refractivity contribution in [3.8, 4) is 5.75 Å².